The van der Waals surface area contributed by atoms with E-state index >= 15 is 0 Å². The second kappa shape index (κ2) is 9.41. The van der Waals surface area contributed by atoms with E-state index in [0.29, 0.717) is 45.2 Å². The van der Waals surface area contributed by atoms with Crippen molar-refractivity contribution in [3.05, 3.63) is 30.5 Å². The molecular formula is C22H29N3O4. The first-order chi connectivity index (χ1) is 14.2. The van der Waals surface area contributed by atoms with Crippen molar-refractivity contribution < 1.29 is 19.1 Å². The van der Waals surface area contributed by atoms with E-state index in [9.17, 15) is 9.59 Å². The first-order valence-electron chi connectivity index (χ1n) is 10.5. The number of anilines is 1. The number of nitrogens with one attached hydrogen (secondary N) is 1. The lowest BCUT2D eigenvalue weighted by atomic mass is 9.97. The Morgan fingerprint density at radius 2 is 1.97 bits per heavy atom. The molecule has 7 heteroatoms. The van der Waals surface area contributed by atoms with Gasteiger partial charge in [0.15, 0.2) is 0 Å². The summed E-state index contributed by atoms with van der Waals surface area (Å²) in [7, 11) is 0. The minimum absolute atomic E-state index is 0.0388. The summed E-state index contributed by atoms with van der Waals surface area (Å²) < 4.78 is 12.8. The Morgan fingerprint density at radius 1 is 1.10 bits per heavy atom. The monoisotopic (exact) mass is 399 g/mol. The summed E-state index contributed by atoms with van der Waals surface area (Å²) in [6.45, 7) is 4.46. The third-order valence-corrected chi connectivity index (χ3v) is 5.76. The van der Waals surface area contributed by atoms with Gasteiger partial charge in [0, 0.05) is 55.5 Å². The summed E-state index contributed by atoms with van der Waals surface area (Å²) in [4.78, 5) is 26.7. The van der Waals surface area contributed by atoms with Crippen molar-refractivity contribution >= 4 is 28.4 Å². The van der Waals surface area contributed by atoms with Crippen molar-refractivity contribution in [1.82, 2.24) is 9.47 Å². The smallest absolute Gasteiger partial charge is 0.242 e. The number of hydrogen-bond acceptors (Lipinski definition) is 4. The number of amides is 2. The van der Waals surface area contributed by atoms with Crippen LogP contribution in [0, 0.1) is 5.92 Å². The summed E-state index contributed by atoms with van der Waals surface area (Å²) in [6, 6.07) is 7.82. The average molecular weight is 399 g/mol. The molecule has 4 rings (SSSR count). The Balaban J connectivity index is 1.33. The van der Waals surface area contributed by atoms with Crippen molar-refractivity contribution in [1.29, 1.82) is 0 Å². The zero-order chi connectivity index (χ0) is 20.1. The second-order valence-electron chi connectivity index (χ2n) is 7.88. The zero-order valence-electron chi connectivity index (χ0n) is 16.8. The lowest BCUT2D eigenvalue weighted by Crippen LogP contribution is -2.42. The SMILES string of the molecule is O=C(CCC1CCCOC1)Nc1ccc2c(ccn2CC(=O)N2CCOCC2)c1. The lowest BCUT2D eigenvalue weighted by molar-refractivity contribution is -0.135. The molecule has 0 spiro atoms. The molecule has 2 aliphatic rings. The summed E-state index contributed by atoms with van der Waals surface area (Å²) in [5, 5.41) is 4.01. The van der Waals surface area contributed by atoms with Crippen molar-refractivity contribution in [3.63, 3.8) is 0 Å². The van der Waals surface area contributed by atoms with Crippen LogP contribution in [0.25, 0.3) is 10.9 Å². The second-order valence-corrected chi connectivity index (χ2v) is 7.88. The van der Waals surface area contributed by atoms with Gasteiger partial charge in [-0.2, -0.15) is 0 Å². The van der Waals surface area contributed by atoms with Gasteiger partial charge in [-0.3, -0.25) is 9.59 Å². The van der Waals surface area contributed by atoms with Gasteiger partial charge in [-0.05, 0) is 49.4 Å². The Kier molecular flexibility index (Phi) is 6.46. The van der Waals surface area contributed by atoms with Gasteiger partial charge in [-0.1, -0.05) is 0 Å². The number of rotatable bonds is 6. The molecular weight excluding hydrogens is 370 g/mol. The molecule has 1 N–H and O–H groups in total. The van der Waals surface area contributed by atoms with Gasteiger partial charge in [-0.25, -0.2) is 0 Å². The molecule has 29 heavy (non-hydrogen) atoms. The number of carbonyl (C=O) groups is 2. The lowest BCUT2D eigenvalue weighted by Gasteiger charge is -2.27. The van der Waals surface area contributed by atoms with Crippen LogP contribution >= 0.6 is 0 Å². The number of morpholine rings is 1. The largest absolute Gasteiger partial charge is 0.381 e. The van der Waals surface area contributed by atoms with E-state index in [1.165, 1.54) is 0 Å². The van der Waals surface area contributed by atoms with Crippen LogP contribution in [0.3, 0.4) is 0 Å². The summed E-state index contributed by atoms with van der Waals surface area (Å²) in [5.41, 5.74) is 1.78. The Hall–Kier alpha value is -2.38. The minimum atomic E-state index is 0.0388. The number of ether oxygens (including phenoxy) is 2. The highest BCUT2D eigenvalue weighted by molar-refractivity contribution is 5.94. The van der Waals surface area contributed by atoms with Gasteiger partial charge in [0.25, 0.3) is 0 Å². The molecule has 2 aliphatic heterocycles. The average Bonchev–Trinajstić information content (AvgIpc) is 3.15. The Morgan fingerprint density at radius 3 is 2.76 bits per heavy atom. The van der Waals surface area contributed by atoms with Gasteiger partial charge in [-0.15, -0.1) is 0 Å². The molecule has 7 nitrogen and oxygen atoms in total. The highest BCUT2D eigenvalue weighted by Gasteiger charge is 2.18. The molecule has 3 heterocycles. The van der Waals surface area contributed by atoms with Crippen molar-refractivity contribution in [2.24, 2.45) is 5.92 Å². The van der Waals surface area contributed by atoms with E-state index < -0.39 is 0 Å². The van der Waals surface area contributed by atoms with E-state index in [1.807, 2.05) is 39.9 Å². The third-order valence-electron chi connectivity index (χ3n) is 5.76. The highest BCUT2D eigenvalue weighted by atomic mass is 16.5. The standard InChI is InChI=1S/C22H29N3O4/c26-21(6-3-17-2-1-11-29-16-17)23-19-4-5-20-18(14-19)7-8-25(20)15-22(27)24-9-12-28-13-10-24/h4-5,7-8,14,17H,1-3,6,9-13,15-16H2,(H,23,26). The quantitative estimate of drug-likeness (QED) is 0.811. The van der Waals surface area contributed by atoms with E-state index in [-0.39, 0.29) is 11.8 Å². The maximum atomic E-state index is 12.5. The maximum absolute atomic E-state index is 12.5. The van der Waals surface area contributed by atoms with Crippen molar-refractivity contribution in [2.75, 3.05) is 44.8 Å². The van der Waals surface area contributed by atoms with E-state index in [2.05, 4.69) is 5.32 Å². The fourth-order valence-corrected chi connectivity index (χ4v) is 4.07. The molecule has 1 atom stereocenters. The van der Waals surface area contributed by atoms with Gasteiger partial charge in [0.2, 0.25) is 11.8 Å². The Bertz CT molecular complexity index is 851. The van der Waals surface area contributed by atoms with E-state index in [1.54, 1.807) is 0 Å². The predicted molar refractivity (Wildman–Crippen MR) is 111 cm³/mol. The number of hydrogen-bond donors (Lipinski definition) is 1. The normalized spacial score (nSPS) is 20.0. The fraction of sp³-hybridized carbons (Fsp3) is 0.545. The molecule has 1 aromatic heterocycles. The first kappa shape index (κ1) is 19.9. The summed E-state index contributed by atoms with van der Waals surface area (Å²) in [5.74, 6) is 0.640. The highest BCUT2D eigenvalue weighted by Crippen LogP contribution is 2.22. The number of benzene rings is 1. The van der Waals surface area contributed by atoms with Crippen LogP contribution in [0.1, 0.15) is 25.7 Å². The molecule has 2 saturated heterocycles. The van der Waals surface area contributed by atoms with Gasteiger partial charge in [0.05, 0.1) is 13.2 Å². The van der Waals surface area contributed by atoms with Crippen LogP contribution < -0.4 is 5.32 Å². The van der Waals surface area contributed by atoms with E-state index in [0.717, 1.165) is 49.1 Å². The van der Waals surface area contributed by atoms with E-state index in [4.69, 9.17) is 9.47 Å². The number of fused-ring (bicyclic) bond motifs is 1. The molecule has 0 aliphatic carbocycles. The minimum Gasteiger partial charge on any atom is -0.381 e. The molecule has 2 amide bonds. The van der Waals surface area contributed by atoms with Crippen LogP contribution in [-0.4, -0.2) is 60.8 Å². The number of nitrogens with zero attached hydrogens (tertiary/aromatic N) is 2. The first-order valence-corrected chi connectivity index (χ1v) is 10.5. The van der Waals surface area contributed by atoms with Gasteiger partial charge >= 0.3 is 0 Å². The molecule has 1 aromatic carbocycles. The molecule has 2 aromatic rings. The van der Waals surface area contributed by atoms with Crippen LogP contribution in [0.15, 0.2) is 30.5 Å². The molecule has 0 saturated carbocycles. The molecule has 156 valence electrons. The summed E-state index contributed by atoms with van der Waals surface area (Å²) >= 11 is 0. The molecule has 1 unspecified atom stereocenters. The predicted octanol–water partition coefficient (Wildman–Crippen LogP) is 2.65. The molecule has 2 fully saturated rings. The fourth-order valence-electron chi connectivity index (χ4n) is 4.07. The van der Waals surface area contributed by atoms with Gasteiger partial charge in [0.1, 0.15) is 6.54 Å². The molecule has 0 bridgehead atoms. The number of aromatic nitrogens is 1. The van der Waals surface area contributed by atoms with Crippen molar-refractivity contribution in [2.45, 2.75) is 32.2 Å². The van der Waals surface area contributed by atoms with Crippen molar-refractivity contribution in [3.8, 4) is 0 Å². The molecule has 0 radical (unpaired) electrons. The topological polar surface area (TPSA) is 72.8 Å². The van der Waals surface area contributed by atoms with Crippen LogP contribution in [-0.2, 0) is 25.6 Å². The van der Waals surface area contributed by atoms with Crippen LogP contribution in [0.2, 0.25) is 0 Å². The van der Waals surface area contributed by atoms with Crippen LogP contribution in [0.5, 0.6) is 0 Å². The Labute approximate surface area is 170 Å². The zero-order valence-corrected chi connectivity index (χ0v) is 16.8. The maximum Gasteiger partial charge on any atom is 0.242 e. The number of carbonyl (C=O) groups excluding carboxylic acids is 2. The van der Waals surface area contributed by atoms with Crippen LogP contribution in [0.4, 0.5) is 5.69 Å². The van der Waals surface area contributed by atoms with Gasteiger partial charge < -0.3 is 24.3 Å². The summed E-state index contributed by atoms with van der Waals surface area (Å²) in [6.07, 6.45) is 5.55. The third kappa shape index (κ3) is 5.16.